The molecule has 0 bridgehead atoms. The summed E-state index contributed by atoms with van der Waals surface area (Å²) in [5.41, 5.74) is 0. The first-order chi connectivity index (χ1) is 7.33. The van der Waals surface area contributed by atoms with Crippen LogP contribution in [0, 0.1) is 0 Å². The van der Waals surface area contributed by atoms with Crippen LogP contribution in [0.4, 0.5) is 0 Å². The van der Waals surface area contributed by atoms with E-state index in [0.717, 1.165) is 13.2 Å². The molecule has 1 N–H and O–H groups in total. The molecule has 0 saturated carbocycles. The van der Waals surface area contributed by atoms with Crippen molar-refractivity contribution in [3.63, 3.8) is 0 Å². The minimum absolute atomic E-state index is 0.479. The summed E-state index contributed by atoms with van der Waals surface area (Å²) >= 11 is 0. The highest BCUT2D eigenvalue weighted by atomic mass is 16.5. The largest absolute Gasteiger partial charge is 0.377 e. The van der Waals surface area contributed by atoms with Crippen molar-refractivity contribution in [3.05, 3.63) is 0 Å². The number of unbranched alkanes of at least 4 members (excludes halogenated alkanes) is 2. The molecule has 0 aromatic carbocycles. The number of hydrogen-bond donors (Lipinski definition) is 1. The van der Waals surface area contributed by atoms with E-state index in [1.165, 1.54) is 44.9 Å². The molecule has 2 atom stereocenters. The van der Waals surface area contributed by atoms with E-state index in [9.17, 15) is 0 Å². The van der Waals surface area contributed by atoms with Gasteiger partial charge in [-0.25, -0.2) is 0 Å². The molecule has 1 saturated heterocycles. The van der Waals surface area contributed by atoms with E-state index in [-0.39, 0.29) is 0 Å². The average Bonchev–Trinajstić information content (AvgIpc) is 2.28. The molecule has 1 aliphatic rings. The Balaban J connectivity index is 1.97. The SMILES string of the molecule is CCCCCC(C)NCC1CCCCO1. The van der Waals surface area contributed by atoms with Crippen molar-refractivity contribution in [2.75, 3.05) is 13.2 Å². The average molecular weight is 213 g/mol. The first-order valence-electron chi connectivity index (χ1n) is 6.68. The Bertz CT molecular complexity index is 143. The Labute approximate surface area is 94.8 Å². The van der Waals surface area contributed by atoms with Crippen LogP contribution >= 0.6 is 0 Å². The maximum absolute atomic E-state index is 5.69. The maximum Gasteiger partial charge on any atom is 0.0699 e. The van der Waals surface area contributed by atoms with Crippen molar-refractivity contribution in [1.82, 2.24) is 5.32 Å². The summed E-state index contributed by atoms with van der Waals surface area (Å²) < 4.78 is 5.69. The highest BCUT2D eigenvalue weighted by Gasteiger charge is 2.14. The van der Waals surface area contributed by atoms with Gasteiger partial charge in [-0.15, -0.1) is 0 Å². The highest BCUT2D eigenvalue weighted by Crippen LogP contribution is 2.12. The maximum atomic E-state index is 5.69. The van der Waals surface area contributed by atoms with Gasteiger partial charge >= 0.3 is 0 Å². The molecule has 1 heterocycles. The van der Waals surface area contributed by atoms with Gasteiger partial charge in [-0.2, -0.15) is 0 Å². The van der Waals surface area contributed by atoms with Crippen LogP contribution in [-0.2, 0) is 4.74 Å². The lowest BCUT2D eigenvalue weighted by molar-refractivity contribution is 0.0155. The lowest BCUT2D eigenvalue weighted by Crippen LogP contribution is -2.36. The van der Waals surface area contributed by atoms with Gasteiger partial charge in [0.15, 0.2) is 0 Å². The molecular formula is C13H27NO. The van der Waals surface area contributed by atoms with Gasteiger partial charge in [0.2, 0.25) is 0 Å². The van der Waals surface area contributed by atoms with Crippen LogP contribution in [0.5, 0.6) is 0 Å². The third-order valence-electron chi connectivity index (χ3n) is 3.21. The zero-order valence-corrected chi connectivity index (χ0v) is 10.4. The molecule has 2 unspecified atom stereocenters. The van der Waals surface area contributed by atoms with E-state index < -0.39 is 0 Å². The monoisotopic (exact) mass is 213 g/mol. The van der Waals surface area contributed by atoms with Gasteiger partial charge in [-0.05, 0) is 32.6 Å². The molecular weight excluding hydrogens is 186 g/mol. The minimum Gasteiger partial charge on any atom is -0.377 e. The first-order valence-corrected chi connectivity index (χ1v) is 6.68. The predicted octanol–water partition coefficient (Wildman–Crippen LogP) is 3.11. The third-order valence-corrected chi connectivity index (χ3v) is 3.21. The lowest BCUT2D eigenvalue weighted by atomic mass is 10.1. The zero-order valence-electron chi connectivity index (χ0n) is 10.4. The summed E-state index contributed by atoms with van der Waals surface area (Å²) in [6.45, 7) is 6.57. The molecule has 1 fully saturated rings. The fraction of sp³-hybridized carbons (Fsp3) is 1.00. The van der Waals surface area contributed by atoms with Crippen molar-refractivity contribution in [2.24, 2.45) is 0 Å². The molecule has 0 aromatic heterocycles. The lowest BCUT2D eigenvalue weighted by Gasteiger charge is -2.24. The summed E-state index contributed by atoms with van der Waals surface area (Å²) in [5.74, 6) is 0. The molecule has 0 amide bonds. The molecule has 0 aromatic rings. The second-order valence-corrected chi connectivity index (χ2v) is 4.79. The van der Waals surface area contributed by atoms with Gasteiger partial charge in [-0.1, -0.05) is 26.2 Å². The zero-order chi connectivity index (χ0) is 10.9. The quantitative estimate of drug-likeness (QED) is 0.656. The molecule has 2 heteroatoms. The highest BCUT2D eigenvalue weighted by molar-refractivity contribution is 4.69. The molecule has 90 valence electrons. The van der Waals surface area contributed by atoms with E-state index in [2.05, 4.69) is 19.2 Å². The van der Waals surface area contributed by atoms with Gasteiger partial charge in [0, 0.05) is 19.2 Å². The molecule has 0 spiro atoms. The standard InChI is InChI=1S/C13H27NO/c1-3-4-5-8-12(2)14-11-13-9-6-7-10-15-13/h12-14H,3-11H2,1-2H3. The van der Waals surface area contributed by atoms with Crippen LogP contribution in [-0.4, -0.2) is 25.3 Å². The van der Waals surface area contributed by atoms with E-state index in [0.29, 0.717) is 12.1 Å². The van der Waals surface area contributed by atoms with Crippen LogP contribution < -0.4 is 5.32 Å². The summed E-state index contributed by atoms with van der Waals surface area (Å²) in [4.78, 5) is 0. The van der Waals surface area contributed by atoms with Crippen molar-refractivity contribution >= 4 is 0 Å². The number of hydrogen-bond acceptors (Lipinski definition) is 2. The molecule has 1 rings (SSSR count). The predicted molar refractivity (Wildman–Crippen MR) is 65.2 cm³/mol. The van der Waals surface area contributed by atoms with Crippen LogP contribution in [0.2, 0.25) is 0 Å². The summed E-state index contributed by atoms with van der Waals surface area (Å²) in [7, 11) is 0. The first kappa shape index (κ1) is 13.0. The van der Waals surface area contributed by atoms with E-state index >= 15 is 0 Å². The Hall–Kier alpha value is -0.0800. The molecule has 0 radical (unpaired) electrons. The summed E-state index contributed by atoms with van der Waals surface area (Å²) in [6, 6.07) is 0.655. The Morgan fingerprint density at radius 1 is 1.33 bits per heavy atom. The van der Waals surface area contributed by atoms with Crippen molar-refractivity contribution in [1.29, 1.82) is 0 Å². The topological polar surface area (TPSA) is 21.3 Å². The van der Waals surface area contributed by atoms with Crippen molar-refractivity contribution in [3.8, 4) is 0 Å². The second kappa shape index (κ2) is 8.12. The third kappa shape index (κ3) is 6.16. The van der Waals surface area contributed by atoms with Crippen LogP contribution in [0.25, 0.3) is 0 Å². The number of ether oxygens (including phenoxy) is 1. The Morgan fingerprint density at radius 3 is 2.87 bits per heavy atom. The Kier molecular flexibility index (Phi) is 7.03. The van der Waals surface area contributed by atoms with Crippen LogP contribution in [0.1, 0.15) is 58.8 Å². The van der Waals surface area contributed by atoms with Gasteiger partial charge < -0.3 is 10.1 Å². The summed E-state index contributed by atoms with van der Waals surface area (Å²) in [5, 5.41) is 3.59. The summed E-state index contributed by atoms with van der Waals surface area (Å²) in [6.07, 6.45) is 9.67. The fourth-order valence-corrected chi connectivity index (χ4v) is 2.10. The van der Waals surface area contributed by atoms with Crippen molar-refractivity contribution < 1.29 is 4.74 Å². The van der Waals surface area contributed by atoms with Gasteiger partial charge in [-0.3, -0.25) is 0 Å². The van der Waals surface area contributed by atoms with E-state index in [1.54, 1.807) is 0 Å². The smallest absolute Gasteiger partial charge is 0.0699 e. The fourth-order valence-electron chi connectivity index (χ4n) is 2.10. The Morgan fingerprint density at radius 2 is 2.20 bits per heavy atom. The van der Waals surface area contributed by atoms with E-state index in [1.807, 2.05) is 0 Å². The number of rotatable bonds is 7. The van der Waals surface area contributed by atoms with Gasteiger partial charge in [0.1, 0.15) is 0 Å². The molecule has 15 heavy (non-hydrogen) atoms. The molecule has 1 aliphatic heterocycles. The number of nitrogens with one attached hydrogen (secondary N) is 1. The minimum atomic E-state index is 0.479. The van der Waals surface area contributed by atoms with Gasteiger partial charge in [0.05, 0.1) is 6.10 Å². The van der Waals surface area contributed by atoms with E-state index in [4.69, 9.17) is 4.74 Å². The molecule has 0 aliphatic carbocycles. The van der Waals surface area contributed by atoms with Crippen LogP contribution in [0.15, 0.2) is 0 Å². The van der Waals surface area contributed by atoms with Crippen molar-refractivity contribution in [2.45, 2.75) is 70.9 Å². The molecule has 2 nitrogen and oxygen atoms in total. The van der Waals surface area contributed by atoms with Crippen LogP contribution in [0.3, 0.4) is 0 Å². The second-order valence-electron chi connectivity index (χ2n) is 4.79. The van der Waals surface area contributed by atoms with Gasteiger partial charge in [0.25, 0.3) is 0 Å². The normalized spacial score (nSPS) is 24.0.